The molecule has 1 aliphatic rings. The zero-order valence-corrected chi connectivity index (χ0v) is 11.9. The smallest absolute Gasteiger partial charge is 0.144 e. The molecule has 0 radical (unpaired) electrons. The van der Waals surface area contributed by atoms with E-state index in [-0.39, 0.29) is 0 Å². The first-order valence-electron chi connectivity index (χ1n) is 7.13. The van der Waals surface area contributed by atoms with E-state index in [1.165, 1.54) is 0 Å². The van der Waals surface area contributed by atoms with Gasteiger partial charge in [0.2, 0.25) is 0 Å². The summed E-state index contributed by atoms with van der Waals surface area (Å²) in [4.78, 5) is 2.34. The van der Waals surface area contributed by atoms with E-state index < -0.39 is 0 Å². The first-order valence-corrected chi connectivity index (χ1v) is 7.13. The molecule has 106 valence electrons. The van der Waals surface area contributed by atoms with Gasteiger partial charge in [0.15, 0.2) is 0 Å². The summed E-state index contributed by atoms with van der Waals surface area (Å²) in [6, 6.07) is 6.43. The first kappa shape index (κ1) is 14.0. The van der Waals surface area contributed by atoms with Crippen LogP contribution < -0.4 is 15.4 Å². The first-order chi connectivity index (χ1) is 9.27. The van der Waals surface area contributed by atoms with E-state index in [0.717, 1.165) is 49.7 Å². The van der Waals surface area contributed by atoms with Gasteiger partial charge in [-0.25, -0.2) is 0 Å². The molecule has 2 rings (SSSR count). The summed E-state index contributed by atoms with van der Waals surface area (Å²) in [6.45, 7) is 7.40. The van der Waals surface area contributed by atoms with Crippen molar-refractivity contribution < 1.29 is 9.47 Å². The normalized spacial score (nSPS) is 19.5. The fourth-order valence-corrected chi connectivity index (χ4v) is 2.43. The van der Waals surface area contributed by atoms with Crippen LogP contribution in [0.1, 0.15) is 26.7 Å². The molecule has 1 unspecified atom stereocenters. The van der Waals surface area contributed by atoms with Gasteiger partial charge < -0.3 is 20.1 Å². The van der Waals surface area contributed by atoms with Crippen molar-refractivity contribution in [3.05, 3.63) is 18.2 Å². The third kappa shape index (κ3) is 3.13. The molecule has 0 saturated carbocycles. The molecule has 1 aromatic carbocycles. The third-order valence-corrected chi connectivity index (χ3v) is 3.51. The Labute approximate surface area is 115 Å². The highest BCUT2D eigenvalue weighted by Gasteiger charge is 2.24. The van der Waals surface area contributed by atoms with Crippen molar-refractivity contribution in [2.45, 2.75) is 32.7 Å². The van der Waals surface area contributed by atoms with Crippen LogP contribution in [0.5, 0.6) is 5.75 Å². The van der Waals surface area contributed by atoms with Crippen molar-refractivity contribution in [1.82, 2.24) is 0 Å². The molecule has 4 heteroatoms. The highest BCUT2D eigenvalue weighted by atomic mass is 16.5. The number of hydrogen-bond acceptors (Lipinski definition) is 4. The quantitative estimate of drug-likeness (QED) is 0.831. The SMILES string of the molecule is CCCOc1cccc(N2CCOCC2CC)c1N. The molecule has 0 bridgehead atoms. The number of benzene rings is 1. The van der Waals surface area contributed by atoms with Crippen LogP contribution in [0.25, 0.3) is 0 Å². The summed E-state index contributed by atoms with van der Waals surface area (Å²) >= 11 is 0. The Hall–Kier alpha value is -1.42. The monoisotopic (exact) mass is 264 g/mol. The number of para-hydroxylation sites is 1. The van der Waals surface area contributed by atoms with Crippen LogP contribution in [0, 0.1) is 0 Å². The zero-order chi connectivity index (χ0) is 13.7. The van der Waals surface area contributed by atoms with E-state index >= 15 is 0 Å². The van der Waals surface area contributed by atoms with Crippen LogP contribution in [-0.4, -0.2) is 32.4 Å². The van der Waals surface area contributed by atoms with Crippen LogP contribution in [0.15, 0.2) is 18.2 Å². The number of anilines is 2. The Morgan fingerprint density at radius 2 is 2.26 bits per heavy atom. The lowest BCUT2D eigenvalue weighted by Gasteiger charge is -2.37. The molecule has 1 atom stereocenters. The summed E-state index contributed by atoms with van der Waals surface area (Å²) in [7, 11) is 0. The summed E-state index contributed by atoms with van der Waals surface area (Å²) in [5.74, 6) is 0.792. The Morgan fingerprint density at radius 3 is 3.00 bits per heavy atom. The number of morpholine rings is 1. The molecule has 1 aliphatic heterocycles. The Kier molecular flexibility index (Phi) is 4.91. The van der Waals surface area contributed by atoms with Gasteiger partial charge in [0.05, 0.1) is 37.2 Å². The maximum atomic E-state index is 6.26. The molecule has 1 saturated heterocycles. The number of nitrogens with zero attached hydrogens (tertiary/aromatic N) is 1. The van der Waals surface area contributed by atoms with Crippen molar-refractivity contribution in [3.63, 3.8) is 0 Å². The molecule has 4 nitrogen and oxygen atoms in total. The molecule has 19 heavy (non-hydrogen) atoms. The average molecular weight is 264 g/mol. The largest absolute Gasteiger partial charge is 0.491 e. The summed E-state index contributed by atoms with van der Waals surface area (Å²) < 4.78 is 11.2. The van der Waals surface area contributed by atoms with Gasteiger partial charge in [-0.15, -0.1) is 0 Å². The predicted octanol–water partition coefficient (Wildman–Crippen LogP) is 2.67. The Morgan fingerprint density at radius 1 is 1.42 bits per heavy atom. The van der Waals surface area contributed by atoms with E-state index in [4.69, 9.17) is 15.2 Å². The van der Waals surface area contributed by atoms with Gasteiger partial charge in [-0.1, -0.05) is 19.9 Å². The number of ether oxygens (including phenoxy) is 2. The molecule has 0 amide bonds. The number of hydrogen-bond donors (Lipinski definition) is 1. The van der Waals surface area contributed by atoms with Gasteiger partial charge in [0.1, 0.15) is 5.75 Å². The van der Waals surface area contributed by atoms with E-state index in [1.54, 1.807) is 0 Å². The lowest BCUT2D eigenvalue weighted by molar-refractivity contribution is 0.0930. The molecule has 0 aliphatic carbocycles. The minimum Gasteiger partial charge on any atom is -0.491 e. The van der Waals surface area contributed by atoms with E-state index in [1.807, 2.05) is 12.1 Å². The fraction of sp³-hybridized carbons (Fsp3) is 0.600. The molecular weight excluding hydrogens is 240 g/mol. The minimum absolute atomic E-state index is 0.400. The highest BCUT2D eigenvalue weighted by molar-refractivity contribution is 5.74. The molecule has 1 fully saturated rings. The molecule has 0 aromatic heterocycles. The maximum absolute atomic E-state index is 6.26. The minimum atomic E-state index is 0.400. The van der Waals surface area contributed by atoms with Crippen LogP contribution in [-0.2, 0) is 4.74 Å². The maximum Gasteiger partial charge on any atom is 0.144 e. The van der Waals surface area contributed by atoms with Gasteiger partial charge in [-0.05, 0) is 25.0 Å². The standard InChI is InChI=1S/C15H24N2O2/c1-3-9-19-14-7-5-6-13(15(14)16)17-8-10-18-11-12(17)4-2/h5-7,12H,3-4,8-11,16H2,1-2H3. The molecule has 2 N–H and O–H groups in total. The van der Waals surface area contributed by atoms with Crippen LogP contribution in [0.2, 0.25) is 0 Å². The zero-order valence-electron chi connectivity index (χ0n) is 11.9. The number of nitrogen functional groups attached to an aromatic ring is 1. The van der Waals surface area contributed by atoms with E-state index in [0.29, 0.717) is 12.6 Å². The van der Waals surface area contributed by atoms with Crippen LogP contribution >= 0.6 is 0 Å². The summed E-state index contributed by atoms with van der Waals surface area (Å²) in [5, 5.41) is 0. The van der Waals surface area contributed by atoms with Gasteiger partial charge in [0, 0.05) is 6.54 Å². The van der Waals surface area contributed by atoms with Crippen LogP contribution in [0.3, 0.4) is 0 Å². The Bertz CT molecular complexity index is 409. The van der Waals surface area contributed by atoms with Crippen LogP contribution in [0.4, 0.5) is 11.4 Å². The second kappa shape index (κ2) is 6.66. The summed E-state index contributed by atoms with van der Waals surface area (Å²) in [6.07, 6.45) is 2.04. The number of nitrogens with two attached hydrogens (primary N) is 1. The Balaban J connectivity index is 2.22. The summed E-state index contributed by atoms with van der Waals surface area (Å²) in [5.41, 5.74) is 8.08. The predicted molar refractivity (Wildman–Crippen MR) is 78.9 cm³/mol. The number of rotatable bonds is 5. The van der Waals surface area contributed by atoms with Gasteiger partial charge in [-0.3, -0.25) is 0 Å². The molecular formula is C15H24N2O2. The van der Waals surface area contributed by atoms with Crippen molar-refractivity contribution >= 4 is 11.4 Å². The van der Waals surface area contributed by atoms with Crippen molar-refractivity contribution in [2.24, 2.45) is 0 Å². The lowest BCUT2D eigenvalue weighted by atomic mass is 10.1. The van der Waals surface area contributed by atoms with Crippen molar-refractivity contribution in [3.8, 4) is 5.75 Å². The van der Waals surface area contributed by atoms with Crippen molar-refractivity contribution in [2.75, 3.05) is 37.0 Å². The van der Waals surface area contributed by atoms with Gasteiger partial charge in [0.25, 0.3) is 0 Å². The average Bonchev–Trinajstić information content (AvgIpc) is 2.46. The fourth-order valence-electron chi connectivity index (χ4n) is 2.43. The van der Waals surface area contributed by atoms with E-state index in [2.05, 4.69) is 24.8 Å². The van der Waals surface area contributed by atoms with Gasteiger partial charge >= 0.3 is 0 Å². The van der Waals surface area contributed by atoms with Gasteiger partial charge in [-0.2, -0.15) is 0 Å². The topological polar surface area (TPSA) is 47.7 Å². The van der Waals surface area contributed by atoms with E-state index in [9.17, 15) is 0 Å². The second-order valence-corrected chi connectivity index (χ2v) is 4.87. The molecule has 1 heterocycles. The highest BCUT2D eigenvalue weighted by Crippen LogP contribution is 2.34. The van der Waals surface area contributed by atoms with Crippen molar-refractivity contribution in [1.29, 1.82) is 0 Å². The second-order valence-electron chi connectivity index (χ2n) is 4.87. The molecule has 1 aromatic rings. The lowest BCUT2D eigenvalue weighted by Crippen LogP contribution is -2.45. The molecule has 0 spiro atoms. The third-order valence-electron chi connectivity index (χ3n) is 3.51.